The monoisotopic (exact) mass is 227 g/mol. The van der Waals surface area contributed by atoms with Gasteiger partial charge >= 0.3 is 0 Å². The van der Waals surface area contributed by atoms with E-state index in [2.05, 4.69) is 13.8 Å². The van der Waals surface area contributed by atoms with Gasteiger partial charge in [-0.2, -0.15) is 0 Å². The standard InChI is InChI=1S/C12H24N3O/c1-11(2)9-14-3-6-15(7-4-14,8-5-14)10-12(13)16/h11H,3-10H2,1-2H3,(H-,13,16)/q+1/p+1. The van der Waals surface area contributed by atoms with Gasteiger partial charge in [-0.05, 0) is 0 Å². The van der Waals surface area contributed by atoms with E-state index < -0.39 is 0 Å². The van der Waals surface area contributed by atoms with Gasteiger partial charge in [-0.3, -0.25) is 4.79 Å². The molecule has 2 N–H and O–H groups in total. The van der Waals surface area contributed by atoms with Gasteiger partial charge in [0, 0.05) is 5.92 Å². The lowest BCUT2D eigenvalue weighted by Gasteiger charge is -2.55. The lowest BCUT2D eigenvalue weighted by molar-refractivity contribution is -1.08. The molecule has 3 heterocycles. The van der Waals surface area contributed by atoms with Crippen molar-refractivity contribution in [2.75, 3.05) is 52.4 Å². The summed E-state index contributed by atoms with van der Waals surface area (Å²) in [7, 11) is 0. The van der Waals surface area contributed by atoms with Crippen molar-refractivity contribution in [3.05, 3.63) is 0 Å². The molecule has 3 aliphatic rings. The van der Waals surface area contributed by atoms with Gasteiger partial charge < -0.3 is 14.7 Å². The summed E-state index contributed by atoms with van der Waals surface area (Å²) in [4.78, 5) is 11.1. The van der Waals surface area contributed by atoms with Gasteiger partial charge in [0.15, 0.2) is 6.54 Å². The van der Waals surface area contributed by atoms with Gasteiger partial charge in [0.1, 0.15) is 39.3 Å². The van der Waals surface area contributed by atoms with E-state index in [0.29, 0.717) is 6.54 Å². The zero-order valence-electron chi connectivity index (χ0n) is 10.6. The van der Waals surface area contributed by atoms with Crippen LogP contribution in [0.15, 0.2) is 0 Å². The number of quaternary nitrogens is 2. The Kier molecular flexibility index (Phi) is 2.97. The Bertz CT molecular complexity index is 263. The van der Waals surface area contributed by atoms with Crippen molar-refractivity contribution in [3.8, 4) is 0 Å². The summed E-state index contributed by atoms with van der Waals surface area (Å²) >= 11 is 0. The molecule has 0 aromatic carbocycles. The molecule has 3 saturated heterocycles. The minimum atomic E-state index is -0.134. The summed E-state index contributed by atoms with van der Waals surface area (Å²) in [6.45, 7) is 13.6. The number of hydrogen-bond donors (Lipinski definition) is 1. The van der Waals surface area contributed by atoms with Gasteiger partial charge in [-0.25, -0.2) is 0 Å². The van der Waals surface area contributed by atoms with Gasteiger partial charge in [0.05, 0.1) is 6.54 Å². The summed E-state index contributed by atoms with van der Waals surface area (Å²) in [6, 6.07) is 0. The van der Waals surface area contributed by atoms with Crippen molar-refractivity contribution in [2.45, 2.75) is 13.8 Å². The average molecular weight is 227 g/mol. The number of fused-ring (bicyclic) bond motifs is 3. The van der Waals surface area contributed by atoms with Crippen molar-refractivity contribution in [1.82, 2.24) is 0 Å². The SMILES string of the molecule is CC(C)C[N+]12CC[N+](CC(N)=O)(CC1)CC2. The molecular formula is C12H25N3O+2. The number of carbonyl (C=O) groups is 1. The molecule has 0 spiro atoms. The number of carbonyl (C=O) groups excluding carboxylic acids is 1. The fraction of sp³-hybridized carbons (Fsp3) is 0.917. The smallest absolute Gasteiger partial charge is 0.272 e. The van der Waals surface area contributed by atoms with Gasteiger partial charge in [-0.1, -0.05) is 13.8 Å². The molecule has 4 nitrogen and oxygen atoms in total. The summed E-state index contributed by atoms with van der Waals surface area (Å²) in [6.07, 6.45) is 0. The second-order valence-electron chi connectivity index (χ2n) is 6.23. The van der Waals surface area contributed by atoms with Crippen LogP contribution in [-0.2, 0) is 4.79 Å². The third kappa shape index (κ3) is 2.23. The predicted molar refractivity (Wildman–Crippen MR) is 63.5 cm³/mol. The lowest BCUT2D eigenvalue weighted by Crippen LogP contribution is -2.76. The quantitative estimate of drug-likeness (QED) is 0.664. The molecule has 0 aliphatic carbocycles. The number of hydrogen-bond acceptors (Lipinski definition) is 1. The van der Waals surface area contributed by atoms with Crippen molar-refractivity contribution in [2.24, 2.45) is 11.7 Å². The Morgan fingerprint density at radius 1 is 1.06 bits per heavy atom. The average Bonchev–Trinajstić information content (AvgIpc) is 2.18. The van der Waals surface area contributed by atoms with E-state index in [-0.39, 0.29) is 5.91 Å². The lowest BCUT2D eigenvalue weighted by atomic mass is 10.0. The molecule has 3 aliphatic heterocycles. The van der Waals surface area contributed by atoms with Gasteiger partial charge in [-0.15, -0.1) is 0 Å². The van der Waals surface area contributed by atoms with Crippen molar-refractivity contribution in [1.29, 1.82) is 0 Å². The van der Waals surface area contributed by atoms with E-state index in [1.54, 1.807) is 0 Å². The summed E-state index contributed by atoms with van der Waals surface area (Å²) in [5, 5.41) is 0. The maximum Gasteiger partial charge on any atom is 0.272 e. The highest BCUT2D eigenvalue weighted by Crippen LogP contribution is 2.27. The highest BCUT2D eigenvalue weighted by Gasteiger charge is 2.49. The molecule has 0 aromatic rings. The minimum Gasteiger partial charge on any atom is -0.365 e. The summed E-state index contributed by atoms with van der Waals surface area (Å²) in [5.41, 5.74) is 5.36. The molecular weight excluding hydrogens is 202 g/mol. The number of nitrogens with two attached hydrogens (primary N) is 1. The molecule has 0 unspecified atom stereocenters. The topological polar surface area (TPSA) is 43.1 Å². The second-order valence-corrected chi connectivity index (χ2v) is 6.23. The number of amides is 1. The molecule has 2 bridgehead atoms. The van der Waals surface area contributed by atoms with E-state index >= 15 is 0 Å². The van der Waals surface area contributed by atoms with E-state index in [4.69, 9.17) is 5.73 Å². The first-order chi connectivity index (χ1) is 7.45. The maximum atomic E-state index is 11.1. The van der Waals surface area contributed by atoms with E-state index in [1.807, 2.05) is 0 Å². The Labute approximate surface area is 98.2 Å². The maximum absolute atomic E-state index is 11.1. The van der Waals surface area contributed by atoms with E-state index in [1.165, 1.54) is 30.7 Å². The Balaban J connectivity index is 2.00. The van der Waals surface area contributed by atoms with Crippen LogP contribution in [0.5, 0.6) is 0 Å². The first-order valence-corrected chi connectivity index (χ1v) is 6.44. The molecule has 16 heavy (non-hydrogen) atoms. The Hall–Kier alpha value is -0.610. The van der Waals surface area contributed by atoms with Crippen LogP contribution in [0.25, 0.3) is 0 Å². The number of piperazine rings is 3. The van der Waals surface area contributed by atoms with Crippen molar-refractivity contribution < 1.29 is 13.8 Å². The number of primary amides is 1. The molecule has 0 atom stereocenters. The zero-order valence-corrected chi connectivity index (χ0v) is 10.6. The molecule has 0 saturated carbocycles. The van der Waals surface area contributed by atoms with Crippen LogP contribution in [0.2, 0.25) is 0 Å². The Morgan fingerprint density at radius 3 is 1.88 bits per heavy atom. The fourth-order valence-corrected chi connectivity index (χ4v) is 3.56. The molecule has 92 valence electrons. The molecule has 0 radical (unpaired) electrons. The third-order valence-corrected chi connectivity index (χ3v) is 4.39. The fourth-order valence-electron chi connectivity index (χ4n) is 3.56. The van der Waals surface area contributed by atoms with Gasteiger partial charge in [0.2, 0.25) is 0 Å². The normalized spacial score (nSPS) is 37.9. The number of nitrogens with zero attached hydrogens (tertiary/aromatic N) is 2. The van der Waals surface area contributed by atoms with Crippen molar-refractivity contribution in [3.63, 3.8) is 0 Å². The number of rotatable bonds is 4. The summed E-state index contributed by atoms with van der Waals surface area (Å²) in [5.74, 6) is 0.639. The third-order valence-electron chi connectivity index (χ3n) is 4.39. The first-order valence-electron chi connectivity index (χ1n) is 6.44. The molecule has 3 rings (SSSR count). The summed E-state index contributed by atoms with van der Waals surface area (Å²) < 4.78 is 2.25. The van der Waals surface area contributed by atoms with Crippen LogP contribution in [0.1, 0.15) is 13.8 Å². The van der Waals surface area contributed by atoms with Crippen LogP contribution in [-0.4, -0.2) is 67.2 Å². The molecule has 0 aromatic heterocycles. The van der Waals surface area contributed by atoms with Crippen LogP contribution < -0.4 is 5.73 Å². The zero-order chi connectivity index (χ0) is 11.8. The van der Waals surface area contributed by atoms with E-state index in [9.17, 15) is 4.79 Å². The van der Waals surface area contributed by atoms with Crippen LogP contribution in [0.4, 0.5) is 0 Å². The Morgan fingerprint density at radius 2 is 1.50 bits per heavy atom. The second kappa shape index (κ2) is 4.00. The van der Waals surface area contributed by atoms with Crippen LogP contribution >= 0.6 is 0 Å². The first kappa shape index (κ1) is 11.9. The predicted octanol–water partition coefficient (Wildman–Crippen LogP) is -0.211. The van der Waals surface area contributed by atoms with Crippen LogP contribution in [0.3, 0.4) is 0 Å². The molecule has 3 fully saturated rings. The van der Waals surface area contributed by atoms with E-state index in [0.717, 1.165) is 30.0 Å². The van der Waals surface area contributed by atoms with Gasteiger partial charge in [0.25, 0.3) is 5.91 Å². The largest absolute Gasteiger partial charge is 0.365 e. The molecule has 1 amide bonds. The highest BCUT2D eigenvalue weighted by molar-refractivity contribution is 5.74. The minimum absolute atomic E-state index is 0.134. The highest BCUT2D eigenvalue weighted by atomic mass is 16.1. The molecule has 4 heteroatoms. The van der Waals surface area contributed by atoms with Crippen LogP contribution in [0, 0.1) is 5.92 Å². The van der Waals surface area contributed by atoms with Crippen molar-refractivity contribution >= 4 is 5.91 Å².